The summed E-state index contributed by atoms with van der Waals surface area (Å²) in [4.78, 5) is 9.12. The van der Waals surface area contributed by atoms with E-state index in [1.165, 1.54) is 49.5 Å². The van der Waals surface area contributed by atoms with E-state index in [0.717, 1.165) is 49.6 Å². The summed E-state index contributed by atoms with van der Waals surface area (Å²) in [6.45, 7) is 0.963. The average Bonchev–Trinajstić information content (AvgIpc) is 4.00. The lowest BCUT2D eigenvalue weighted by atomic mass is 10.1. The molecule has 58 heavy (non-hydrogen) atoms. The lowest BCUT2D eigenvalue weighted by Gasteiger charge is -2.16. The Kier molecular flexibility index (Phi) is 10.3. The van der Waals surface area contributed by atoms with Crippen molar-refractivity contribution in [1.82, 2.24) is 28.5 Å². The number of benzene rings is 4. The van der Waals surface area contributed by atoms with Crippen LogP contribution in [0.4, 0.5) is 13.2 Å². The van der Waals surface area contributed by atoms with E-state index in [4.69, 9.17) is 19.2 Å². The van der Waals surface area contributed by atoms with Crippen LogP contribution in [-0.2, 0) is 58.7 Å². The fourth-order valence-corrected chi connectivity index (χ4v) is 8.76. The van der Waals surface area contributed by atoms with Crippen LogP contribution in [0.15, 0.2) is 101 Å². The van der Waals surface area contributed by atoms with Crippen LogP contribution in [0.1, 0.15) is 35.6 Å². The van der Waals surface area contributed by atoms with Crippen LogP contribution < -0.4 is 23.7 Å². The molecule has 0 radical (unpaired) electrons. The first-order valence-corrected chi connectivity index (χ1v) is 21.2. The molecule has 0 unspecified atom stereocenters. The quantitative estimate of drug-likeness (QED) is 0.122. The normalized spacial score (nSPS) is 14.0. The van der Waals surface area contributed by atoms with Crippen LogP contribution in [0.2, 0.25) is 0 Å². The Labute approximate surface area is 332 Å². The van der Waals surface area contributed by atoms with Gasteiger partial charge in [-0.1, -0.05) is 0 Å². The Bertz CT molecular complexity index is 2710. The Morgan fingerprint density at radius 3 is 1.74 bits per heavy atom. The van der Waals surface area contributed by atoms with Crippen molar-refractivity contribution in [2.24, 2.45) is 0 Å². The summed E-state index contributed by atoms with van der Waals surface area (Å²) in [5.41, 5.74) is 0.421. The maximum Gasteiger partial charge on any atom is 0.416 e. The van der Waals surface area contributed by atoms with Crippen molar-refractivity contribution >= 4 is 20.0 Å². The van der Waals surface area contributed by atoms with Crippen LogP contribution in [0.3, 0.4) is 0 Å². The first kappa shape index (κ1) is 39.2. The number of aryl methyl sites for hydroxylation is 4. The van der Waals surface area contributed by atoms with E-state index in [2.05, 4.69) is 14.4 Å². The molecule has 2 aliphatic heterocycles. The van der Waals surface area contributed by atoms with Gasteiger partial charge in [-0.2, -0.15) is 13.2 Å². The summed E-state index contributed by atoms with van der Waals surface area (Å²) in [5.74, 6) is 2.89. The van der Waals surface area contributed by atoms with Gasteiger partial charge in [0.25, 0.3) is 0 Å². The number of aromatic nitrogens is 4. The van der Waals surface area contributed by atoms with E-state index in [0.29, 0.717) is 47.2 Å². The molecule has 2 aromatic heterocycles. The number of fused-ring (bicyclic) bond motifs is 2. The molecule has 0 fully saturated rings. The monoisotopic (exact) mass is 834 g/mol. The number of imidazole rings is 2. The number of nitrogens with one attached hydrogen (secondary N) is 2. The highest BCUT2D eigenvalue weighted by Gasteiger charge is 2.32. The predicted molar refractivity (Wildman–Crippen MR) is 207 cm³/mol. The minimum absolute atomic E-state index is 0.0458. The molecule has 0 amide bonds. The minimum Gasteiger partial charge on any atom is -0.497 e. The molecule has 0 aliphatic carbocycles. The number of nitrogens with zero attached hydrogens (tertiary/aromatic N) is 4. The molecule has 0 saturated heterocycles. The molecule has 18 heteroatoms. The topological polar surface area (TPSA) is 156 Å². The van der Waals surface area contributed by atoms with E-state index in [-0.39, 0.29) is 32.4 Å². The molecular formula is C40H37F3N6O7S2. The van der Waals surface area contributed by atoms with E-state index in [1.54, 1.807) is 37.6 Å². The second-order valence-electron chi connectivity index (χ2n) is 13.8. The molecule has 0 atom stereocenters. The van der Waals surface area contributed by atoms with Crippen LogP contribution in [0.5, 0.6) is 28.7 Å². The van der Waals surface area contributed by atoms with Crippen molar-refractivity contribution in [3.8, 4) is 51.3 Å². The highest BCUT2D eigenvalue weighted by molar-refractivity contribution is 7.89. The van der Waals surface area contributed by atoms with Gasteiger partial charge in [-0.05, 0) is 104 Å². The molecule has 0 bridgehead atoms. The third-order valence-electron chi connectivity index (χ3n) is 9.94. The van der Waals surface area contributed by atoms with E-state index in [9.17, 15) is 30.0 Å². The Hall–Kier alpha value is -5.69. The lowest BCUT2D eigenvalue weighted by molar-refractivity contribution is -0.137. The Morgan fingerprint density at radius 1 is 0.690 bits per heavy atom. The predicted octanol–water partition coefficient (Wildman–Crippen LogP) is 7.30. The van der Waals surface area contributed by atoms with Crippen molar-refractivity contribution in [3.63, 3.8) is 0 Å². The summed E-state index contributed by atoms with van der Waals surface area (Å²) in [5, 5.41) is 0. The van der Waals surface area contributed by atoms with Gasteiger partial charge in [-0.25, -0.2) is 36.2 Å². The van der Waals surface area contributed by atoms with Crippen molar-refractivity contribution in [2.75, 3.05) is 14.2 Å². The highest BCUT2D eigenvalue weighted by atomic mass is 32.2. The second kappa shape index (κ2) is 15.2. The minimum atomic E-state index is -4.81. The fourth-order valence-electron chi connectivity index (χ4n) is 6.96. The number of methoxy groups -OCH3 is 1. The third kappa shape index (κ3) is 8.05. The summed E-state index contributed by atoms with van der Waals surface area (Å²) < 4.78 is 122. The van der Waals surface area contributed by atoms with Gasteiger partial charge in [0.05, 0.1) is 33.9 Å². The molecule has 13 nitrogen and oxygen atoms in total. The molecular weight excluding hydrogens is 798 g/mol. The maximum atomic E-state index is 14.3. The van der Waals surface area contributed by atoms with Crippen LogP contribution >= 0.6 is 0 Å². The maximum absolute atomic E-state index is 14.3. The van der Waals surface area contributed by atoms with E-state index < -0.39 is 38.3 Å². The smallest absolute Gasteiger partial charge is 0.416 e. The number of sulfonamides is 2. The fraction of sp³-hybridized carbons (Fsp3) is 0.250. The van der Waals surface area contributed by atoms with Crippen molar-refractivity contribution in [2.45, 2.75) is 61.3 Å². The van der Waals surface area contributed by atoms with Crippen molar-refractivity contribution in [3.05, 3.63) is 114 Å². The zero-order chi connectivity index (χ0) is 40.8. The Balaban J connectivity index is 1.10. The SMILES string of the molecule is CNS(=O)(=O)c1ccc(Oc2cc(CNS(=O)(=O)c3ccc(Oc4ccc(OC)cc4)c(-c4cn5c(n4)CCC5)c3)cc(C(F)(F)F)c2)c(-c2cn3c(n2)CCC3)c1. The number of hydrogen-bond acceptors (Lipinski definition) is 9. The molecule has 0 spiro atoms. The number of alkyl halides is 3. The van der Waals surface area contributed by atoms with Gasteiger partial charge in [0, 0.05) is 56.0 Å². The molecule has 6 aromatic rings. The van der Waals surface area contributed by atoms with Crippen LogP contribution in [0, 0.1) is 0 Å². The zero-order valence-electron chi connectivity index (χ0n) is 31.2. The highest BCUT2D eigenvalue weighted by Crippen LogP contribution is 2.40. The molecule has 4 aromatic carbocycles. The van der Waals surface area contributed by atoms with Crippen LogP contribution in [-0.4, -0.2) is 50.1 Å². The van der Waals surface area contributed by atoms with Gasteiger partial charge in [0.15, 0.2) is 0 Å². The molecule has 2 aliphatic rings. The van der Waals surface area contributed by atoms with Gasteiger partial charge in [-0.15, -0.1) is 0 Å². The van der Waals surface area contributed by atoms with E-state index in [1.807, 2.05) is 15.3 Å². The largest absolute Gasteiger partial charge is 0.497 e. The summed E-state index contributed by atoms with van der Waals surface area (Å²) >= 11 is 0. The van der Waals surface area contributed by atoms with Gasteiger partial charge in [0.2, 0.25) is 20.0 Å². The standard InChI is InChI=1S/C40H37F3N6O7S2/c1-44-57(50,51)30-11-13-37(32(20-30)34-23-48-15-3-5-38(48)46-34)56-29-18-25(17-26(19-29)40(41,42)43)22-45-58(52,53)31-12-14-36(55-28-9-7-27(54-2)8-10-28)33(21-31)35-24-49-16-4-6-39(49)47-35/h7-14,17-21,23-24,44-45H,3-6,15-16,22H2,1-2H3. The molecule has 4 heterocycles. The Morgan fingerprint density at radius 2 is 1.22 bits per heavy atom. The third-order valence-corrected chi connectivity index (χ3v) is 12.7. The van der Waals surface area contributed by atoms with Gasteiger partial charge in [-0.3, -0.25) is 0 Å². The zero-order valence-corrected chi connectivity index (χ0v) is 32.8. The first-order valence-electron chi connectivity index (χ1n) is 18.2. The van der Waals surface area contributed by atoms with Gasteiger partial charge in [0.1, 0.15) is 40.4 Å². The van der Waals surface area contributed by atoms with Crippen molar-refractivity contribution in [1.29, 1.82) is 0 Å². The van der Waals surface area contributed by atoms with Crippen molar-refractivity contribution < 1.29 is 44.2 Å². The second-order valence-corrected chi connectivity index (χ2v) is 17.4. The molecule has 0 saturated carbocycles. The summed E-state index contributed by atoms with van der Waals surface area (Å²) in [7, 11) is -5.40. The molecule has 8 rings (SSSR count). The number of halogens is 3. The van der Waals surface area contributed by atoms with Gasteiger partial charge < -0.3 is 23.3 Å². The molecule has 2 N–H and O–H groups in total. The van der Waals surface area contributed by atoms with E-state index >= 15 is 0 Å². The first-order chi connectivity index (χ1) is 27.7. The summed E-state index contributed by atoms with van der Waals surface area (Å²) in [6.07, 6.45) is 2.09. The lowest BCUT2D eigenvalue weighted by Crippen LogP contribution is -2.23. The number of rotatable bonds is 13. The average molecular weight is 835 g/mol. The number of hydrogen-bond donors (Lipinski definition) is 2. The summed E-state index contributed by atoms with van der Waals surface area (Å²) in [6, 6.07) is 18.0. The number of ether oxygens (including phenoxy) is 3. The van der Waals surface area contributed by atoms with Crippen LogP contribution in [0.25, 0.3) is 22.5 Å². The molecule has 302 valence electrons. The van der Waals surface area contributed by atoms with Gasteiger partial charge >= 0.3 is 6.18 Å².